The van der Waals surface area contributed by atoms with E-state index < -0.39 is 0 Å². The molecule has 1 N–H and O–H groups in total. The fourth-order valence-electron chi connectivity index (χ4n) is 3.37. The lowest BCUT2D eigenvalue weighted by atomic mass is 9.69. The van der Waals surface area contributed by atoms with Crippen molar-refractivity contribution < 1.29 is 4.74 Å². The topological polar surface area (TPSA) is 21.3 Å². The highest BCUT2D eigenvalue weighted by Crippen LogP contribution is 2.37. The minimum Gasteiger partial charge on any atom is -0.385 e. The van der Waals surface area contributed by atoms with Gasteiger partial charge in [-0.1, -0.05) is 51.1 Å². The molecule has 2 heteroatoms. The Bertz CT molecular complexity index is 346. The summed E-state index contributed by atoms with van der Waals surface area (Å²) in [5, 5.41) is 3.73. The van der Waals surface area contributed by atoms with Gasteiger partial charge in [0, 0.05) is 25.2 Å². The Morgan fingerprint density at radius 2 is 1.75 bits per heavy atom. The molecule has 1 unspecified atom stereocenters. The lowest BCUT2D eigenvalue weighted by Gasteiger charge is -2.41. The number of hydrogen-bond donors (Lipinski definition) is 1. The fourth-order valence-corrected chi connectivity index (χ4v) is 3.37. The summed E-state index contributed by atoms with van der Waals surface area (Å²) in [6.07, 6.45) is 4.61. The lowest BCUT2D eigenvalue weighted by molar-refractivity contribution is 0.176. The number of nitrogens with one attached hydrogen (secondary N) is 1. The van der Waals surface area contributed by atoms with Crippen LogP contribution in [0.2, 0.25) is 0 Å². The van der Waals surface area contributed by atoms with Crippen molar-refractivity contribution in [2.24, 2.45) is 0 Å². The summed E-state index contributed by atoms with van der Waals surface area (Å²) in [5.74, 6) is 0. The minimum atomic E-state index is 0.227. The predicted molar refractivity (Wildman–Crippen MR) is 87.3 cm³/mol. The van der Waals surface area contributed by atoms with E-state index in [1.54, 1.807) is 7.11 Å². The number of methoxy groups -OCH3 is 1. The van der Waals surface area contributed by atoms with Crippen molar-refractivity contribution in [2.45, 2.75) is 57.9 Å². The van der Waals surface area contributed by atoms with E-state index in [1.165, 1.54) is 5.56 Å². The number of hydrogen-bond acceptors (Lipinski definition) is 2. The van der Waals surface area contributed by atoms with E-state index in [2.05, 4.69) is 56.4 Å². The van der Waals surface area contributed by atoms with Crippen LogP contribution in [0.25, 0.3) is 0 Å². The zero-order chi connectivity index (χ0) is 14.8. The Hall–Kier alpha value is -0.860. The number of benzene rings is 1. The number of rotatable bonds is 10. The summed E-state index contributed by atoms with van der Waals surface area (Å²) >= 11 is 0. The van der Waals surface area contributed by atoms with Crippen molar-refractivity contribution in [2.75, 3.05) is 20.3 Å². The molecule has 1 aromatic rings. The largest absolute Gasteiger partial charge is 0.385 e. The van der Waals surface area contributed by atoms with E-state index in [-0.39, 0.29) is 5.41 Å². The van der Waals surface area contributed by atoms with Gasteiger partial charge in [-0.15, -0.1) is 0 Å². The molecule has 114 valence electrons. The quantitative estimate of drug-likeness (QED) is 0.649. The maximum absolute atomic E-state index is 5.23. The smallest absolute Gasteiger partial charge is 0.0462 e. The average molecular weight is 277 g/mol. The second kappa shape index (κ2) is 9.15. The van der Waals surface area contributed by atoms with E-state index in [1.807, 2.05) is 0 Å². The average Bonchev–Trinajstić information content (AvgIpc) is 2.50. The molecule has 1 rings (SSSR count). The second-order valence-electron chi connectivity index (χ2n) is 5.47. The van der Waals surface area contributed by atoms with Gasteiger partial charge in [0.15, 0.2) is 0 Å². The Morgan fingerprint density at radius 1 is 1.10 bits per heavy atom. The summed E-state index contributed by atoms with van der Waals surface area (Å²) in [6, 6.07) is 11.5. The van der Waals surface area contributed by atoms with Crippen molar-refractivity contribution in [3.63, 3.8) is 0 Å². The van der Waals surface area contributed by atoms with Gasteiger partial charge in [-0.3, -0.25) is 0 Å². The molecule has 0 aliphatic carbocycles. The number of ether oxygens (including phenoxy) is 1. The molecule has 0 aliphatic rings. The van der Waals surface area contributed by atoms with Crippen LogP contribution >= 0.6 is 0 Å². The molecule has 1 atom stereocenters. The highest BCUT2D eigenvalue weighted by molar-refractivity contribution is 5.27. The van der Waals surface area contributed by atoms with Crippen LogP contribution in [0.1, 0.15) is 52.0 Å². The molecule has 0 aliphatic heterocycles. The fraction of sp³-hybridized carbons (Fsp3) is 0.667. The highest BCUT2D eigenvalue weighted by atomic mass is 16.5. The molecule has 0 radical (unpaired) electrons. The van der Waals surface area contributed by atoms with Crippen molar-refractivity contribution in [3.05, 3.63) is 35.9 Å². The highest BCUT2D eigenvalue weighted by Gasteiger charge is 2.36. The first kappa shape index (κ1) is 17.2. The first-order valence-corrected chi connectivity index (χ1v) is 8.03. The minimum absolute atomic E-state index is 0.227. The van der Waals surface area contributed by atoms with Crippen molar-refractivity contribution in [3.8, 4) is 0 Å². The molecule has 0 bridgehead atoms. The van der Waals surface area contributed by atoms with E-state index >= 15 is 0 Å². The van der Waals surface area contributed by atoms with Crippen molar-refractivity contribution in [1.82, 2.24) is 5.32 Å². The van der Waals surface area contributed by atoms with Gasteiger partial charge in [0.2, 0.25) is 0 Å². The molecule has 0 fully saturated rings. The predicted octanol–water partition coefficient (Wildman–Crippen LogP) is 4.15. The van der Waals surface area contributed by atoms with E-state index in [0.29, 0.717) is 6.04 Å². The van der Waals surface area contributed by atoms with Crippen LogP contribution in [0.3, 0.4) is 0 Å². The summed E-state index contributed by atoms with van der Waals surface area (Å²) in [6.45, 7) is 8.70. The van der Waals surface area contributed by atoms with Crippen LogP contribution in [0, 0.1) is 0 Å². The van der Waals surface area contributed by atoms with Crippen LogP contribution < -0.4 is 5.32 Å². The third kappa shape index (κ3) is 4.07. The van der Waals surface area contributed by atoms with Crippen LogP contribution in [0.5, 0.6) is 0 Å². The van der Waals surface area contributed by atoms with Crippen molar-refractivity contribution in [1.29, 1.82) is 0 Å². The zero-order valence-corrected chi connectivity index (χ0v) is 13.6. The first-order chi connectivity index (χ1) is 9.75. The third-order valence-corrected chi connectivity index (χ3v) is 4.57. The molecule has 0 heterocycles. The molecular formula is C18H31NO. The van der Waals surface area contributed by atoms with Crippen LogP contribution in [-0.4, -0.2) is 26.3 Å². The molecule has 0 saturated carbocycles. The first-order valence-electron chi connectivity index (χ1n) is 8.03. The maximum Gasteiger partial charge on any atom is 0.0462 e. The Morgan fingerprint density at radius 3 is 2.25 bits per heavy atom. The van der Waals surface area contributed by atoms with Gasteiger partial charge in [0.25, 0.3) is 0 Å². The van der Waals surface area contributed by atoms with Gasteiger partial charge < -0.3 is 10.1 Å². The normalized spacial score (nSPS) is 13.4. The summed E-state index contributed by atoms with van der Waals surface area (Å²) in [7, 11) is 1.78. The molecule has 1 aromatic carbocycles. The molecule has 0 saturated heterocycles. The van der Waals surface area contributed by atoms with E-state index in [0.717, 1.165) is 38.8 Å². The van der Waals surface area contributed by atoms with Crippen molar-refractivity contribution >= 4 is 0 Å². The Labute approximate surface area is 124 Å². The van der Waals surface area contributed by atoms with Crippen LogP contribution in [0.4, 0.5) is 0 Å². The van der Waals surface area contributed by atoms with E-state index in [9.17, 15) is 0 Å². The molecule has 20 heavy (non-hydrogen) atoms. The summed E-state index contributed by atoms with van der Waals surface area (Å²) < 4.78 is 5.23. The third-order valence-electron chi connectivity index (χ3n) is 4.57. The standard InChI is InChI=1S/C18H31NO/c1-5-18(6-2,16-12-9-8-10-13-16)17(19-7-3)14-11-15-20-4/h8-10,12-13,17,19H,5-7,11,14-15H2,1-4H3. The number of likely N-dealkylation sites (N-methyl/N-ethyl adjacent to an activating group) is 1. The summed E-state index contributed by atoms with van der Waals surface area (Å²) in [4.78, 5) is 0. The molecule has 0 spiro atoms. The zero-order valence-electron chi connectivity index (χ0n) is 13.6. The van der Waals surface area contributed by atoms with Gasteiger partial charge in [-0.05, 0) is 37.8 Å². The molecular weight excluding hydrogens is 246 g/mol. The van der Waals surface area contributed by atoms with Gasteiger partial charge >= 0.3 is 0 Å². The van der Waals surface area contributed by atoms with Crippen LogP contribution in [-0.2, 0) is 10.2 Å². The van der Waals surface area contributed by atoms with Gasteiger partial charge in [0.05, 0.1) is 0 Å². The molecule has 0 aromatic heterocycles. The van der Waals surface area contributed by atoms with Gasteiger partial charge in [-0.25, -0.2) is 0 Å². The van der Waals surface area contributed by atoms with Gasteiger partial charge in [0.1, 0.15) is 0 Å². The van der Waals surface area contributed by atoms with Gasteiger partial charge in [-0.2, -0.15) is 0 Å². The molecule has 0 amide bonds. The summed E-state index contributed by atoms with van der Waals surface area (Å²) in [5.41, 5.74) is 1.69. The van der Waals surface area contributed by atoms with E-state index in [4.69, 9.17) is 4.74 Å². The van der Waals surface area contributed by atoms with Crippen LogP contribution in [0.15, 0.2) is 30.3 Å². The Kier molecular flexibility index (Phi) is 7.86. The maximum atomic E-state index is 5.23. The second-order valence-corrected chi connectivity index (χ2v) is 5.47. The monoisotopic (exact) mass is 277 g/mol. The SMILES string of the molecule is CCNC(CCCOC)C(CC)(CC)c1ccccc1. The lowest BCUT2D eigenvalue weighted by Crippen LogP contribution is -2.48. The Balaban J connectivity index is 2.99. The molecule has 2 nitrogen and oxygen atoms in total.